The summed E-state index contributed by atoms with van der Waals surface area (Å²) >= 11 is 0. The molecular weight excluding hydrogens is 368 g/mol. The third-order valence-corrected chi connectivity index (χ3v) is 5.44. The number of likely N-dealkylation sites (tertiary alicyclic amines) is 2. The molecular formula is C18H30N4O6. The van der Waals surface area contributed by atoms with Crippen LogP contribution in [0.3, 0.4) is 0 Å². The molecule has 0 bridgehead atoms. The lowest BCUT2D eigenvalue weighted by atomic mass is 10.1. The van der Waals surface area contributed by atoms with Crippen LogP contribution < -0.4 is 11.1 Å². The number of aliphatic hydroxyl groups excluding tert-OH is 2. The molecule has 2 aliphatic heterocycles. The highest BCUT2D eigenvalue weighted by Gasteiger charge is 2.43. The van der Waals surface area contributed by atoms with Crippen molar-refractivity contribution in [1.29, 1.82) is 0 Å². The van der Waals surface area contributed by atoms with Gasteiger partial charge in [-0.3, -0.25) is 14.4 Å². The topological polar surface area (TPSA) is 153 Å². The van der Waals surface area contributed by atoms with Crippen molar-refractivity contribution in [3.8, 4) is 0 Å². The van der Waals surface area contributed by atoms with E-state index in [9.17, 15) is 29.4 Å². The Kier molecular flexibility index (Phi) is 7.50. The van der Waals surface area contributed by atoms with Crippen LogP contribution in [-0.4, -0.2) is 93.5 Å². The molecule has 28 heavy (non-hydrogen) atoms. The molecule has 0 unspecified atom stereocenters. The first kappa shape index (κ1) is 22.3. The summed E-state index contributed by atoms with van der Waals surface area (Å²) in [5.74, 6) is -1.32. The Bertz CT molecular complexity index is 611. The maximum Gasteiger partial charge on any atom is 0.246 e. The highest BCUT2D eigenvalue weighted by molar-refractivity contribution is 5.94. The first-order chi connectivity index (χ1) is 13.2. The number of carbonyl (C=O) groups is 4. The van der Waals surface area contributed by atoms with Crippen molar-refractivity contribution in [3.63, 3.8) is 0 Å². The molecule has 0 aromatic carbocycles. The van der Waals surface area contributed by atoms with Crippen molar-refractivity contribution in [3.05, 3.63) is 0 Å². The van der Waals surface area contributed by atoms with E-state index < -0.39 is 48.2 Å². The Morgan fingerprint density at radius 3 is 2.14 bits per heavy atom. The molecule has 3 amide bonds. The lowest BCUT2D eigenvalue weighted by Crippen LogP contribution is -2.57. The number of amides is 3. The van der Waals surface area contributed by atoms with Crippen LogP contribution in [0.1, 0.15) is 39.5 Å². The largest absolute Gasteiger partial charge is 0.391 e. The van der Waals surface area contributed by atoms with Gasteiger partial charge in [-0.1, -0.05) is 0 Å². The zero-order valence-corrected chi connectivity index (χ0v) is 16.3. The van der Waals surface area contributed by atoms with Crippen LogP contribution >= 0.6 is 0 Å². The number of rotatable bonds is 7. The molecule has 2 fully saturated rings. The highest BCUT2D eigenvalue weighted by atomic mass is 16.3. The molecule has 0 aromatic rings. The zero-order chi connectivity index (χ0) is 21.0. The predicted molar refractivity (Wildman–Crippen MR) is 98.8 cm³/mol. The van der Waals surface area contributed by atoms with Crippen LogP contribution in [-0.2, 0) is 19.2 Å². The van der Waals surface area contributed by atoms with Gasteiger partial charge in [0.2, 0.25) is 17.7 Å². The molecule has 0 saturated carbocycles. The number of nitrogens with one attached hydrogen (secondary N) is 1. The fourth-order valence-corrected chi connectivity index (χ4v) is 3.71. The van der Waals surface area contributed by atoms with Gasteiger partial charge in [0, 0.05) is 13.1 Å². The quantitative estimate of drug-likeness (QED) is 0.353. The summed E-state index contributed by atoms with van der Waals surface area (Å²) in [5, 5.41) is 21.6. The Morgan fingerprint density at radius 1 is 1.04 bits per heavy atom. The third-order valence-electron chi connectivity index (χ3n) is 5.44. The molecule has 158 valence electrons. The second kappa shape index (κ2) is 9.44. The highest BCUT2D eigenvalue weighted by Crippen LogP contribution is 2.25. The smallest absolute Gasteiger partial charge is 0.246 e. The summed E-state index contributed by atoms with van der Waals surface area (Å²) in [7, 11) is 0. The van der Waals surface area contributed by atoms with Crippen molar-refractivity contribution < 1.29 is 29.4 Å². The van der Waals surface area contributed by atoms with Gasteiger partial charge in [0.05, 0.1) is 12.2 Å². The summed E-state index contributed by atoms with van der Waals surface area (Å²) in [4.78, 5) is 52.0. The van der Waals surface area contributed by atoms with Crippen molar-refractivity contribution in [2.75, 3.05) is 13.1 Å². The van der Waals surface area contributed by atoms with Crippen LogP contribution in [0.4, 0.5) is 0 Å². The van der Waals surface area contributed by atoms with E-state index in [1.807, 2.05) is 0 Å². The van der Waals surface area contributed by atoms with E-state index in [0.717, 1.165) is 0 Å². The number of aliphatic hydroxyl groups is 2. The Morgan fingerprint density at radius 2 is 1.61 bits per heavy atom. The van der Waals surface area contributed by atoms with Gasteiger partial charge in [-0.25, -0.2) is 0 Å². The molecule has 5 N–H and O–H groups in total. The summed E-state index contributed by atoms with van der Waals surface area (Å²) in [6.45, 7) is 3.56. The first-order valence-corrected chi connectivity index (χ1v) is 9.67. The lowest BCUT2D eigenvalue weighted by Gasteiger charge is -2.32. The Balaban J connectivity index is 2.10. The van der Waals surface area contributed by atoms with Gasteiger partial charge in [0.25, 0.3) is 0 Å². The lowest BCUT2D eigenvalue weighted by molar-refractivity contribution is -0.148. The summed E-state index contributed by atoms with van der Waals surface area (Å²) in [6, 6.07) is -3.62. The zero-order valence-electron chi connectivity index (χ0n) is 16.3. The maximum absolute atomic E-state index is 13.1. The standard InChI is InChI=1S/C18H30N4O6/c1-10(24)12(9-23)20-16(26)13-5-3-7-21(13)17(27)14-6-4-8-22(14)18(28)15(19)11(2)25/h9-15,24-25H,3-8,19H2,1-2H3,(H,20,26)/t10-,11-,12-,13+,14+,15+/m1/s1. The van der Waals surface area contributed by atoms with Crippen LogP contribution in [0.25, 0.3) is 0 Å². The van der Waals surface area contributed by atoms with Gasteiger partial charge in [-0.05, 0) is 39.5 Å². The number of carbonyl (C=O) groups excluding carboxylic acids is 4. The van der Waals surface area contributed by atoms with E-state index in [1.54, 1.807) is 0 Å². The van der Waals surface area contributed by atoms with Crippen molar-refractivity contribution in [1.82, 2.24) is 15.1 Å². The van der Waals surface area contributed by atoms with E-state index in [2.05, 4.69) is 5.32 Å². The summed E-state index contributed by atoms with van der Waals surface area (Å²) in [6.07, 6.45) is 0.543. The number of nitrogens with two attached hydrogens (primary N) is 1. The minimum Gasteiger partial charge on any atom is -0.391 e. The molecule has 10 nitrogen and oxygen atoms in total. The van der Waals surface area contributed by atoms with Crippen LogP contribution in [0.15, 0.2) is 0 Å². The van der Waals surface area contributed by atoms with Crippen molar-refractivity contribution in [2.24, 2.45) is 5.73 Å². The molecule has 6 atom stereocenters. The molecule has 2 rings (SSSR count). The van der Waals surface area contributed by atoms with Gasteiger partial charge in [-0.15, -0.1) is 0 Å². The molecule has 0 aliphatic carbocycles. The minimum atomic E-state index is -1.11. The van der Waals surface area contributed by atoms with Gasteiger partial charge in [0.15, 0.2) is 0 Å². The normalized spacial score (nSPS) is 26.5. The third kappa shape index (κ3) is 4.68. The second-order valence-corrected chi connectivity index (χ2v) is 7.56. The monoisotopic (exact) mass is 398 g/mol. The molecule has 0 aromatic heterocycles. The van der Waals surface area contributed by atoms with Crippen LogP contribution in [0, 0.1) is 0 Å². The Hall–Kier alpha value is -2.04. The maximum atomic E-state index is 13.1. The van der Waals surface area contributed by atoms with Crippen LogP contribution in [0.5, 0.6) is 0 Å². The molecule has 2 saturated heterocycles. The Labute approximate surface area is 164 Å². The van der Waals surface area contributed by atoms with Gasteiger partial charge in [0.1, 0.15) is 30.5 Å². The fraction of sp³-hybridized carbons (Fsp3) is 0.778. The number of hydrogen-bond donors (Lipinski definition) is 4. The van der Waals surface area contributed by atoms with Gasteiger partial charge < -0.3 is 35.9 Å². The van der Waals surface area contributed by atoms with Crippen LogP contribution in [0.2, 0.25) is 0 Å². The molecule has 2 heterocycles. The molecule has 0 spiro atoms. The predicted octanol–water partition coefficient (Wildman–Crippen LogP) is -2.26. The first-order valence-electron chi connectivity index (χ1n) is 9.67. The minimum absolute atomic E-state index is 0.332. The molecule has 2 aliphatic rings. The number of aldehydes is 1. The van der Waals surface area contributed by atoms with E-state index in [4.69, 9.17) is 5.73 Å². The fourth-order valence-electron chi connectivity index (χ4n) is 3.71. The van der Waals surface area contributed by atoms with Crippen molar-refractivity contribution in [2.45, 2.75) is 75.9 Å². The van der Waals surface area contributed by atoms with E-state index in [1.165, 1.54) is 23.6 Å². The molecule has 10 heteroatoms. The van der Waals surface area contributed by atoms with Gasteiger partial charge >= 0.3 is 0 Å². The average molecular weight is 398 g/mol. The van der Waals surface area contributed by atoms with E-state index in [-0.39, 0.29) is 5.91 Å². The molecule has 0 radical (unpaired) electrons. The van der Waals surface area contributed by atoms with E-state index in [0.29, 0.717) is 45.1 Å². The van der Waals surface area contributed by atoms with Crippen molar-refractivity contribution >= 4 is 24.0 Å². The number of hydrogen-bond acceptors (Lipinski definition) is 7. The van der Waals surface area contributed by atoms with Gasteiger partial charge in [-0.2, -0.15) is 0 Å². The average Bonchev–Trinajstić information content (AvgIpc) is 3.32. The number of nitrogens with zero attached hydrogens (tertiary/aromatic N) is 2. The second-order valence-electron chi connectivity index (χ2n) is 7.56. The summed E-state index contributed by atoms with van der Waals surface area (Å²) < 4.78 is 0. The summed E-state index contributed by atoms with van der Waals surface area (Å²) in [5.41, 5.74) is 5.74. The van der Waals surface area contributed by atoms with E-state index >= 15 is 0 Å². The SMILES string of the molecule is C[C@@H](O)[C@H](N)C(=O)N1CCC[C@H]1C(=O)N1CCC[C@H]1C(=O)N[C@H](C=O)[C@@H](C)O.